The quantitative estimate of drug-likeness (QED) is 0.461. The summed E-state index contributed by atoms with van der Waals surface area (Å²) in [5, 5.41) is 0. The maximum Gasteiger partial charge on any atom is 2.00 e. The summed E-state index contributed by atoms with van der Waals surface area (Å²) in [4.78, 5) is 4.45. The molecule has 4 heteroatoms. The fraction of sp³-hybridized carbons (Fsp3) is 0.364. The zero-order valence-corrected chi connectivity index (χ0v) is 12.0. The number of hydrogen-bond donors (Lipinski definition) is 0. The van der Waals surface area contributed by atoms with Gasteiger partial charge in [-0.05, 0) is 13.8 Å². The van der Waals surface area contributed by atoms with E-state index in [-0.39, 0.29) is 45.6 Å². The Morgan fingerprint density at radius 1 is 1.40 bits per heavy atom. The second-order valence-electron chi connectivity index (χ2n) is 3.79. The number of benzene rings is 1. The van der Waals surface area contributed by atoms with Gasteiger partial charge in [-0.25, -0.2) is 0 Å². The third kappa shape index (κ3) is 3.77. The first kappa shape index (κ1) is 14.9. The molecule has 1 heterocycles. The van der Waals surface area contributed by atoms with Crippen LogP contribution in [0.15, 0.2) is 29.3 Å². The SMILES string of the molecule is CC1(C)COC(c2[c-]cccc2)=N1.[Br-].[Mg+2]. The Labute approximate surface area is 117 Å². The average molecular weight is 278 g/mol. The molecule has 0 saturated carbocycles. The molecule has 2 rings (SSSR count). The zero-order valence-electron chi connectivity index (χ0n) is 8.96. The molecule has 0 radical (unpaired) electrons. The molecule has 0 amide bonds. The van der Waals surface area contributed by atoms with Gasteiger partial charge in [-0.2, -0.15) is 0 Å². The second-order valence-corrected chi connectivity index (χ2v) is 3.79. The van der Waals surface area contributed by atoms with Crippen molar-refractivity contribution in [3.8, 4) is 0 Å². The fourth-order valence-electron chi connectivity index (χ4n) is 1.25. The van der Waals surface area contributed by atoms with Crippen molar-refractivity contribution in [1.82, 2.24) is 0 Å². The molecule has 0 aliphatic carbocycles. The Morgan fingerprint density at radius 2 is 2.13 bits per heavy atom. The molecule has 0 atom stereocenters. The summed E-state index contributed by atoms with van der Waals surface area (Å²) in [5.41, 5.74) is 0.854. The van der Waals surface area contributed by atoms with E-state index in [0.29, 0.717) is 12.5 Å². The molecule has 1 aliphatic heterocycles. The van der Waals surface area contributed by atoms with Gasteiger partial charge in [-0.15, -0.1) is 30.3 Å². The zero-order chi connectivity index (χ0) is 9.31. The number of halogens is 1. The Hall–Kier alpha value is -0.0638. The second kappa shape index (κ2) is 5.87. The van der Waals surface area contributed by atoms with Crippen LogP contribution in [-0.4, -0.2) is 41.1 Å². The first-order chi connectivity index (χ1) is 6.17. The molecule has 15 heavy (non-hydrogen) atoms. The van der Waals surface area contributed by atoms with Crippen molar-refractivity contribution in [2.75, 3.05) is 6.61 Å². The van der Waals surface area contributed by atoms with Gasteiger partial charge >= 0.3 is 23.1 Å². The molecule has 76 valence electrons. The van der Waals surface area contributed by atoms with Crippen LogP contribution in [0.1, 0.15) is 19.4 Å². The molecule has 1 aromatic rings. The van der Waals surface area contributed by atoms with Crippen molar-refractivity contribution in [3.63, 3.8) is 0 Å². The van der Waals surface area contributed by atoms with Gasteiger partial charge < -0.3 is 21.7 Å². The molecule has 0 unspecified atom stereocenters. The van der Waals surface area contributed by atoms with Gasteiger partial charge in [0.25, 0.3) is 0 Å². The van der Waals surface area contributed by atoms with Crippen LogP contribution in [0.3, 0.4) is 0 Å². The molecule has 1 aliphatic rings. The summed E-state index contributed by atoms with van der Waals surface area (Å²) in [7, 11) is 0. The normalized spacial score (nSPS) is 16.8. The number of rotatable bonds is 1. The molecular formula is C11H12BrMgNO. The Balaban J connectivity index is 0.000000980. The Kier molecular flexibility index (Phi) is 5.84. The van der Waals surface area contributed by atoms with E-state index >= 15 is 0 Å². The van der Waals surface area contributed by atoms with E-state index in [1.807, 2.05) is 24.3 Å². The van der Waals surface area contributed by atoms with E-state index < -0.39 is 0 Å². The van der Waals surface area contributed by atoms with Crippen molar-refractivity contribution >= 4 is 29.0 Å². The van der Waals surface area contributed by atoms with E-state index in [2.05, 4.69) is 24.9 Å². The van der Waals surface area contributed by atoms with Crippen molar-refractivity contribution in [2.45, 2.75) is 19.4 Å². The van der Waals surface area contributed by atoms with Crippen LogP contribution in [-0.2, 0) is 4.74 Å². The van der Waals surface area contributed by atoms with Gasteiger partial charge in [0.1, 0.15) is 12.5 Å². The predicted molar refractivity (Wildman–Crippen MR) is 57.6 cm³/mol. The number of aliphatic imine (C=N–C) groups is 1. The predicted octanol–water partition coefficient (Wildman–Crippen LogP) is -1.33. The number of nitrogens with zero attached hydrogens (tertiary/aromatic N) is 1. The third-order valence-electron chi connectivity index (χ3n) is 1.91. The van der Waals surface area contributed by atoms with Crippen LogP contribution >= 0.6 is 0 Å². The summed E-state index contributed by atoms with van der Waals surface area (Å²) in [6, 6.07) is 10.8. The van der Waals surface area contributed by atoms with Crippen molar-refractivity contribution < 1.29 is 21.7 Å². The van der Waals surface area contributed by atoms with Gasteiger partial charge in [0.05, 0.1) is 5.54 Å². The molecule has 0 spiro atoms. The molecule has 0 fully saturated rings. The van der Waals surface area contributed by atoms with Crippen LogP contribution in [0, 0.1) is 6.07 Å². The van der Waals surface area contributed by atoms with E-state index in [4.69, 9.17) is 4.74 Å². The number of ether oxygens (including phenoxy) is 1. The van der Waals surface area contributed by atoms with Gasteiger partial charge in [-0.1, -0.05) is 5.56 Å². The molecule has 0 saturated heterocycles. The van der Waals surface area contributed by atoms with Crippen molar-refractivity contribution in [1.29, 1.82) is 0 Å². The summed E-state index contributed by atoms with van der Waals surface area (Å²) >= 11 is 0. The number of hydrogen-bond acceptors (Lipinski definition) is 2. The van der Waals surface area contributed by atoms with Gasteiger partial charge in [0.15, 0.2) is 0 Å². The van der Waals surface area contributed by atoms with Crippen LogP contribution in [0.2, 0.25) is 0 Å². The first-order valence-electron chi connectivity index (χ1n) is 4.37. The summed E-state index contributed by atoms with van der Waals surface area (Å²) in [6.07, 6.45) is 0. The summed E-state index contributed by atoms with van der Waals surface area (Å²) < 4.78 is 5.47. The minimum absolute atomic E-state index is 0. The van der Waals surface area contributed by atoms with Crippen LogP contribution in [0.5, 0.6) is 0 Å². The minimum atomic E-state index is -0.0843. The Morgan fingerprint density at radius 3 is 2.60 bits per heavy atom. The molecule has 1 aromatic carbocycles. The van der Waals surface area contributed by atoms with E-state index in [1.54, 1.807) is 0 Å². The van der Waals surface area contributed by atoms with Crippen LogP contribution < -0.4 is 17.0 Å². The average Bonchev–Trinajstić information content (AvgIpc) is 2.48. The molecular weight excluding hydrogens is 266 g/mol. The first-order valence-corrected chi connectivity index (χ1v) is 4.37. The van der Waals surface area contributed by atoms with Gasteiger partial charge in [0.2, 0.25) is 0 Å². The van der Waals surface area contributed by atoms with E-state index in [1.165, 1.54) is 0 Å². The van der Waals surface area contributed by atoms with Gasteiger partial charge in [-0.3, -0.25) is 4.99 Å². The summed E-state index contributed by atoms with van der Waals surface area (Å²) in [5.74, 6) is 0.714. The monoisotopic (exact) mass is 277 g/mol. The largest absolute Gasteiger partial charge is 2.00 e. The smallest absolute Gasteiger partial charge is 1.00 e. The third-order valence-corrected chi connectivity index (χ3v) is 1.91. The maximum atomic E-state index is 5.47. The van der Waals surface area contributed by atoms with Gasteiger partial charge in [0, 0.05) is 0 Å². The molecule has 2 nitrogen and oxygen atoms in total. The summed E-state index contributed by atoms with van der Waals surface area (Å²) in [6.45, 7) is 4.77. The molecule has 0 bridgehead atoms. The maximum absolute atomic E-state index is 5.47. The Bertz CT molecular complexity index is 338. The topological polar surface area (TPSA) is 21.6 Å². The standard InChI is InChI=1S/C11H12NO.BrH.Mg/c1-11(2)8-13-10(12-11)9-6-4-3-5-7-9;;/h3-6H,8H2,1-2H3;1H;/q-1;;+2/p-1. The van der Waals surface area contributed by atoms with E-state index in [9.17, 15) is 0 Å². The molecule has 0 aromatic heterocycles. The van der Waals surface area contributed by atoms with Crippen molar-refractivity contribution in [2.24, 2.45) is 4.99 Å². The fourth-order valence-corrected chi connectivity index (χ4v) is 1.25. The minimum Gasteiger partial charge on any atom is -1.00 e. The van der Waals surface area contributed by atoms with Crippen LogP contribution in [0.4, 0.5) is 0 Å². The van der Waals surface area contributed by atoms with Crippen LogP contribution in [0.25, 0.3) is 0 Å². The van der Waals surface area contributed by atoms with E-state index in [0.717, 1.165) is 5.56 Å². The van der Waals surface area contributed by atoms with Crippen molar-refractivity contribution in [3.05, 3.63) is 35.9 Å². The molecule has 0 N–H and O–H groups in total.